The van der Waals surface area contributed by atoms with E-state index in [4.69, 9.17) is 14.6 Å². The van der Waals surface area contributed by atoms with Crippen LogP contribution in [0, 0.1) is 0 Å². The molecule has 8 nitrogen and oxygen atoms in total. The Morgan fingerprint density at radius 3 is 2.09 bits per heavy atom. The molecular formula is C27H26N2O6. The second-order valence-electron chi connectivity index (χ2n) is 8.01. The lowest BCUT2D eigenvalue weighted by Crippen LogP contribution is -2.38. The van der Waals surface area contributed by atoms with E-state index in [0.717, 1.165) is 27.2 Å². The van der Waals surface area contributed by atoms with E-state index in [9.17, 15) is 14.4 Å². The zero-order valence-electron chi connectivity index (χ0n) is 19.1. The number of aliphatic carboxylic acids is 1. The fourth-order valence-electron chi connectivity index (χ4n) is 4.18. The van der Waals surface area contributed by atoms with Crippen LogP contribution in [0.15, 0.2) is 78.9 Å². The van der Waals surface area contributed by atoms with Crippen LogP contribution in [0.1, 0.15) is 17.0 Å². The maximum Gasteiger partial charge on any atom is 0.407 e. The van der Waals surface area contributed by atoms with Gasteiger partial charge in [-0.1, -0.05) is 66.7 Å². The number of hydrogen-bond donors (Lipinski definition) is 2. The number of carbonyl (C=O) groups excluding carboxylic acids is 2. The van der Waals surface area contributed by atoms with Crippen molar-refractivity contribution in [2.24, 2.45) is 0 Å². The predicted molar refractivity (Wildman–Crippen MR) is 130 cm³/mol. The van der Waals surface area contributed by atoms with Crippen molar-refractivity contribution in [2.45, 2.75) is 5.92 Å². The van der Waals surface area contributed by atoms with Gasteiger partial charge in [-0.3, -0.25) is 14.5 Å². The highest BCUT2D eigenvalue weighted by Crippen LogP contribution is 2.44. The fourth-order valence-corrected chi connectivity index (χ4v) is 4.18. The van der Waals surface area contributed by atoms with Crippen LogP contribution in [0.5, 0.6) is 0 Å². The molecule has 0 radical (unpaired) electrons. The minimum Gasteiger partial charge on any atom is -0.480 e. The molecule has 35 heavy (non-hydrogen) atoms. The van der Waals surface area contributed by atoms with Crippen LogP contribution in [0.25, 0.3) is 11.1 Å². The van der Waals surface area contributed by atoms with E-state index >= 15 is 0 Å². The molecule has 3 aromatic carbocycles. The van der Waals surface area contributed by atoms with Gasteiger partial charge in [0.05, 0.1) is 6.61 Å². The molecular weight excluding hydrogens is 448 g/mol. The number of carboxylic acid groups (broad SMARTS) is 1. The van der Waals surface area contributed by atoms with Crippen LogP contribution >= 0.6 is 0 Å². The van der Waals surface area contributed by atoms with E-state index < -0.39 is 24.5 Å². The second-order valence-corrected chi connectivity index (χ2v) is 8.01. The molecule has 8 heteroatoms. The highest BCUT2D eigenvalue weighted by Gasteiger charge is 2.29. The number of rotatable bonds is 10. The molecule has 2 amide bonds. The number of hydrogen-bond acceptors (Lipinski definition) is 5. The number of benzene rings is 3. The maximum atomic E-state index is 12.5. The van der Waals surface area contributed by atoms with Gasteiger partial charge in [-0.2, -0.15) is 0 Å². The van der Waals surface area contributed by atoms with Crippen LogP contribution in [0.2, 0.25) is 0 Å². The Balaban J connectivity index is 1.21. The number of para-hydroxylation sites is 1. The van der Waals surface area contributed by atoms with Crippen molar-refractivity contribution < 1.29 is 29.0 Å². The molecule has 0 unspecified atom stereocenters. The minimum atomic E-state index is -1.13. The smallest absolute Gasteiger partial charge is 0.407 e. The first-order chi connectivity index (χ1) is 17.0. The lowest BCUT2D eigenvalue weighted by Gasteiger charge is -2.20. The minimum absolute atomic E-state index is 0.0276. The number of amides is 2. The van der Waals surface area contributed by atoms with Gasteiger partial charge in [0.2, 0.25) is 0 Å². The molecule has 0 bridgehead atoms. The van der Waals surface area contributed by atoms with E-state index in [2.05, 4.69) is 29.6 Å². The second kappa shape index (κ2) is 11.3. The van der Waals surface area contributed by atoms with Gasteiger partial charge in [0, 0.05) is 18.2 Å². The Morgan fingerprint density at radius 2 is 1.46 bits per heavy atom. The molecule has 0 atom stereocenters. The summed E-state index contributed by atoms with van der Waals surface area (Å²) in [4.78, 5) is 36.9. The Morgan fingerprint density at radius 1 is 0.857 bits per heavy atom. The third-order valence-electron chi connectivity index (χ3n) is 5.75. The molecule has 0 saturated heterocycles. The Labute approximate surface area is 203 Å². The summed E-state index contributed by atoms with van der Waals surface area (Å²) in [7, 11) is 0. The average molecular weight is 475 g/mol. The molecule has 3 aromatic rings. The van der Waals surface area contributed by atoms with Crippen molar-refractivity contribution in [1.82, 2.24) is 5.32 Å². The summed E-state index contributed by atoms with van der Waals surface area (Å²) in [6.45, 7) is -0.348. The van der Waals surface area contributed by atoms with Crippen molar-refractivity contribution in [3.05, 3.63) is 90.0 Å². The highest BCUT2D eigenvalue weighted by molar-refractivity contribution is 5.98. The van der Waals surface area contributed by atoms with Gasteiger partial charge in [-0.05, 0) is 34.4 Å². The van der Waals surface area contributed by atoms with E-state index in [-0.39, 0.29) is 32.3 Å². The van der Waals surface area contributed by atoms with Gasteiger partial charge in [-0.25, -0.2) is 4.79 Å². The summed E-state index contributed by atoms with van der Waals surface area (Å²) in [5.74, 6) is -1.64. The molecule has 0 saturated carbocycles. The molecule has 4 rings (SSSR count). The van der Waals surface area contributed by atoms with Crippen molar-refractivity contribution >= 4 is 23.7 Å². The van der Waals surface area contributed by atoms with Crippen molar-refractivity contribution in [3.63, 3.8) is 0 Å². The van der Waals surface area contributed by atoms with Crippen LogP contribution in [-0.4, -0.2) is 56.0 Å². The van der Waals surface area contributed by atoms with E-state index in [0.29, 0.717) is 5.69 Å². The number of fused-ring (bicyclic) bond motifs is 3. The molecule has 1 aliphatic rings. The zero-order chi connectivity index (χ0) is 24.6. The summed E-state index contributed by atoms with van der Waals surface area (Å²) in [5.41, 5.74) is 5.05. The predicted octanol–water partition coefficient (Wildman–Crippen LogP) is 3.66. The van der Waals surface area contributed by atoms with E-state index in [1.165, 1.54) is 0 Å². The third-order valence-corrected chi connectivity index (χ3v) is 5.75. The Hall–Kier alpha value is -4.17. The number of carbonyl (C=O) groups is 3. The Kier molecular flexibility index (Phi) is 7.74. The fraction of sp³-hybridized carbons (Fsp3) is 0.222. The highest BCUT2D eigenvalue weighted by atomic mass is 16.5. The number of alkyl carbamates (subject to hydrolysis) is 1. The normalized spacial score (nSPS) is 11.9. The maximum absolute atomic E-state index is 12.5. The average Bonchev–Trinajstić information content (AvgIpc) is 3.20. The number of ether oxygens (including phenoxy) is 2. The van der Waals surface area contributed by atoms with Gasteiger partial charge >= 0.3 is 12.1 Å². The Bertz CT molecular complexity index is 1150. The van der Waals surface area contributed by atoms with Crippen LogP contribution in [-0.2, 0) is 19.1 Å². The lowest BCUT2D eigenvalue weighted by molar-refractivity contribution is -0.137. The number of nitrogens with zero attached hydrogens (tertiary/aromatic N) is 1. The van der Waals surface area contributed by atoms with E-state index in [1.54, 1.807) is 30.3 Å². The third kappa shape index (κ3) is 5.85. The quantitative estimate of drug-likeness (QED) is 0.435. The van der Waals surface area contributed by atoms with Crippen LogP contribution in [0.4, 0.5) is 10.5 Å². The van der Waals surface area contributed by atoms with Gasteiger partial charge in [0.1, 0.15) is 19.8 Å². The van der Waals surface area contributed by atoms with E-state index in [1.807, 2.05) is 24.3 Å². The van der Waals surface area contributed by atoms with Gasteiger partial charge in [0.15, 0.2) is 0 Å². The molecule has 0 aliphatic heterocycles. The largest absolute Gasteiger partial charge is 0.480 e. The summed E-state index contributed by atoms with van der Waals surface area (Å²) in [6.07, 6.45) is -0.571. The summed E-state index contributed by atoms with van der Waals surface area (Å²) >= 11 is 0. The molecule has 1 aliphatic carbocycles. The topological polar surface area (TPSA) is 105 Å². The molecule has 0 spiro atoms. The summed E-state index contributed by atoms with van der Waals surface area (Å²) < 4.78 is 10.8. The molecule has 0 aromatic heterocycles. The molecule has 0 heterocycles. The van der Waals surface area contributed by atoms with Crippen molar-refractivity contribution in [1.29, 1.82) is 0 Å². The number of carboxylic acids is 1. The van der Waals surface area contributed by atoms with Gasteiger partial charge in [-0.15, -0.1) is 0 Å². The first-order valence-electron chi connectivity index (χ1n) is 11.3. The first-order valence-corrected chi connectivity index (χ1v) is 11.3. The standard InChI is InChI=1S/C27H26N2O6/c30-25(29(16-26(31)32)19-8-2-1-3-9-19)18-34-15-14-28-27(33)35-17-24-22-12-6-4-10-20(22)21-11-5-7-13-23(21)24/h1-13,24H,14-18H2,(H,28,33)(H,31,32). The summed E-state index contributed by atoms with van der Waals surface area (Å²) in [5, 5.41) is 11.7. The number of anilines is 1. The monoisotopic (exact) mass is 474 g/mol. The lowest BCUT2D eigenvalue weighted by atomic mass is 9.98. The number of nitrogens with one attached hydrogen (secondary N) is 1. The van der Waals surface area contributed by atoms with Gasteiger partial charge < -0.3 is 19.9 Å². The molecule has 0 fully saturated rings. The first kappa shape index (κ1) is 24.0. The zero-order valence-corrected chi connectivity index (χ0v) is 19.1. The van der Waals surface area contributed by atoms with Crippen LogP contribution in [0.3, 0.4) is 0 Å². The molecule has 180 valence electrons. The SMILES string of the molecule is O=C(O)CN(C(=O)COCCNC(=O)OCC1c2ccccc2-c2ccccc21)c1ccccc1. The van der Waals surface area contributed by atoms with Crippen molar-refractivity contribution in [3.8, 4) is 11.1 Å². The van der Waals surface area contributed by atoms with Gasteiger partial charge in [0.25, 0.3) is 5.91 Å². The summed E-state index contributed by atoms with van der Waals surface area (Å²) in [6, 6.07) is 24.7. The van der Waals surface area contributed by atoms with Crippen LogP contribution < -0.4 is 10.2 Å². The molecule has 2 N–H and O–H groups in total. The van der Waals surface area contributed by atoms with Crippen molar-refractivity contribution in [2.75, 3.05) is 37.8 Å².